The van der Waals surface area contributed by atoms with Gasteiger partial charge in [0.15, 0.2) is 0 Å². The maximum Gasteiger partial charge on any atom is 0.269 e. The van der Waals surface area contributed by atoms with E-state index in [0.717, 1.165) is 37.2 Å². The Bertz CT molecular complexity index is 1180. The third kappa shape index (κ3) is 9.33. The number of nitrogens with zero attached hydrogens (tertiary/aromatic N) is 4. The van der Waals surface area contributed by atoms with Gasteiger partial charge in [-0.2, -0.15) is 0 Å². The van der Waals surface area contributed by atoms with Crippen molar-refractivity contribution >= 4 is 17.5 Å². The zero-order valence-corrected chi connectivity index (χ0v) is 22.9. The maximum absolute atomic E-state index is 13.7. The fourth-order valence-corrected chi connectivity index (χ4v) is 4.45. The summed E-state index contributed by atoms with van der Waals surface area (Å²) >= 11 is 0. The Kier molecular flexibility index (Phi) is 11.6. The lowest BCUT2D eigenvalue weighted by Crippen LogP contribution is -2.44. The molecule has 0 atom stereocenters. The number of non-ortho nitro benzene ring substituents is 1. The molecule has 3 rings (SSSR count). The molecule has 0 unspecified atom stereocenters. The Morgan fingerprint density at radius 1 is 0.744 bits per heavy atom. The van der Waals surface area contributed by atoms with Gasteiger partial charge >= 0.3 is 0 Å². The van der Waals surface area contributed by atoms with Crippen LogP contribution in [0.4, 0.5) is 5.69 Å². The first kappa shape index (κ1) is 29.5. The number of hydrogen-bond acceptors (Lipinski definition) is 5. The highest BCUT2D eigenvalue weighted by atomic mass is 16.6. The third-order valence-corrected chi connectivity index (χ3v) is 6.82. The van der Waals surface area contributed by atoms with Crippen molar-refractivity contribution in [3.8, 4) is 0 Å². The summed E-state index contributed by atoms with van der Waals surface area (Å²) in [6.45, 7) is 8.16. The van der Waals surface area contributed by atoms with Crippen LogP contribution >= 0.6 is 0 Å². The van der Waals surface area contributed by atoms with Crippen LogP contribution in [0.5, 0.6) is 0 Å². The minimum atomic E-state index is -0.492. The SMILES string of the molecule is CCN(CC)CCCN(CC(=O)N(CCc1ccccc1)Cc1ccccc1)C(=O)c1ccc([N+](=O)[O-])cc1. The molecule has 8 heteroatoms. The fourth-order valence-electron chi connectivity index (χ4n) is 4.45. The molecule has 0 aliphatic carbocycles. The second-order valence-electron chi connectivity index (χ2n) is 9.45. The molecule has 2 amide bonds. The second kappa shape index (κ2) is 15.4. The van der Waals surface area contributed by atoms with Crippen molar-refractivity contribution < 1.29 is 14.5 Å². The first-order chi connectivity index (χ1) is 18.9. The predicted octanol–water partition coefficient (Wildman–Crippen LogP) is 5.04. The molecule has 0 N–H and O–H groups in total. The Balaban J connectivity index is 1.79. The van der Waals surface area contributed by atoms with Crippen molar-refractivity contribution in [1.29, 1.82) is 0 Å². The van der Waals surface area contributed by atoms with E-state index in [4.69, 9.17) is 0 Å². The number of amides is 2. The lowest BCUT2D eigenvalue weighted by molar-refractivity contribution is -0.384. The molecule has 0 radical (unpaired) electrons. The summed E-state index contributed by atoms with van der Waals surface area (Å²) in [4.78, 5) is 43.4. The largest absolute Gasteiger partial charge is 0.337 e. The van der Waals surface area contributed by atoms with Gasteiger partial charge in [-0.05, 0) is 55.7 Å². The fraction of sp³-hybridized carbons (Fsp3) is 0.355. The lowest BCUT2D eigenvalue weighted by Gasteiger charge is -2.29. The van der Waals surface area contributed by atoms with Gasteiger partial charge < -0.3 is 14.7 Å². The summed E-state index contributed by atoms with van der Waals surface area (Å²) < 4.78 is 0. The highest BCUT2D eigenvalue weighted by Crippen LogP contribution is 2.15. The molecule has 0 aliphatic heterocycles. The monoisotopic (exact) mass is 530 g/mol. The lowest BCUT2D eigenvalue weighted by atomic mass is 10.1. The summed E-state index contributed by atoms with van der Waals surface area (Å²) in [5, 5.41) is 11.1. The average Bonchev–Trinajstić information content (AvgIpc) is 2.97. The molecule has 0 heterocycles. The van der Waals surface area contributed by atoms with E-state index < -0.39 is 4.92 Å². The van der Waals surface area contributed by atoms with Gasteiger partial charge in [0.05, 0.1) is 4.92 Å². The van der Waals surface area contributed by atoms with Crippen molar-refractivity contribution in [2.24, 2.45) is 0 Å². The summed E-state index contributed by atoms with van der Waals surface area (Å²) in [5.74, 6) is -0.437. The quantitative estimate of drug-likeness (QED) is 0.203. The van der Waals surface area contributed by atoms with Gasteiger partial charge in [-0.15, -0.1) is 0 Å². The highest BCUT2D eigenvalue weighted by Gasteiger charge is 2.23. The Morgan fingerprint density at radius 3 is 1.90 bits per heavy atom. The van der Waals surface area contributed by atoms with E-state index >= 15 is 0 Å². The first-order valence-corrected chi connectivity index (χ1v) is 13.5. The zero-order chi connectivity index (χ0) is 28.0. The van der Waals surface area contributed by atoms with Gasteiger partial charge in [-0.3, -0.25) is 19.7 Å². The molecule has 39 heavy (non-hydrogen) atoms. The summed E-state index contributed by atoms with van der Waals surface area (Å²) in [7, 11) is 0. The molecule has 0 fully saturated rings. The number of carbonyl (C=O) groups excluding carboxylic acids is 2. The number of nitro groups is 1. The number of carbonyl (C=O) groups is 2. The van der Waals surface area contributed by atoms with E-state index in [-0.39, 0.29) is 24.0 Å². The maximum atomic E-state index is 13.7. The average molecular weight is 531 g/mol. The molecule has 3 aromatic rings. The van der Waals surface area contributed by atoms with Crippen molar-refractivity contribution in [3.63, 3.8) is 0 Å². The van der Waals surface area contributed by atoms with Gasteiger partial charge in [0.1, 0.15) is 6.54 Å². The Labute approximate surface area is 231 Å². The number of benzene rings is 3. The van der Waals surface area contributed by atoms with Gasteiger partial charge in [0.2, 0.25) is 5.91 Å². The molecular formula is C31H38N4O4. The molecule has 3 aromatic carbocycles. The number of hydrogen-bond donors (Lipinski definition) is 0. The Morgan fingerprint density at radius 2 is 1.33 bits per heavy atom. The molecular weight excluding hydrogens is 492 g/mol. The molecule has 0 bridgehead atoms. The molecule has 206 valence electrons. The molecule has 0 aromatic heterocycles. The van der Waals surface area contributed by atoms with Crippen LogP contribution in [0.2, 0.25) is 0 Å². The van der Waals surface area contributed by atoms with E-state index in [1.54, 1.807) is 4.90 Å². The van der Waals surface area contributed by atoms with Crippen LogP contribution in [0, 0.1) is 10.1 Å². The van der Waals surface area contributed by atoms with Crippen LogP contribution in [0.25, 0.3) is 0 Å². The number of rotatable bonds is 15. The standard InChI is InChI=1S/C31H38N4O4/c1-3-32(4-2)21-11-22-34(31(37)28-16-18-29(19-17-28)35(38)39)25-30(36)33(24-27-14-9-6-10-15-27)23-20-26-12-7-5-8-13-26/h5-10,12-19H,3-4,11,20-25H2,1-2H3. The normalized spacial score (nSPS) is 10.8. The molecule has 8 nitrogen and oxygen atoms in total. The van der Waals surface area contributed by atoms with E-state index in [2.05, 4.69) is 18.7 Å². The van der Waals surface area contributed by atoms with E-state index in [0.29, 0.717) is 31.6 Å². The molecule has 0 spiro atoms. The van der Waals surface area contributed by atoms with Gasteiger partial charge in [-0.1, -0.05) is 74.5 Å². The van der Waals surface area contributed by atoms with Gasteiger partial charge in [0.25, 0.3) is 11.6 Å². The van der Waals surface area contributed by atoms with Crippen LogP contribution in [-0.2, 0) is 17.8 Å². The van der Waals surface area contributed by atoms with E-state index in [1.807, 2.05) is 65.6 Å². The van der Waals surface area contributed by atoms with Gasteiger partial charge in [-0.25, -0.2) is 0 Å². The van der Waals surface area contributed by atoms with E-state index in [1.165, 1.54) is 24.3 Å². The Hall–Kier alpha value is -4.04. The molecule has 0 aliphatic rings. The minimum Gasteiger partial charge on any atom is -0.337 e. The van der Waals surface area contributed by atoms with Crippen LogP contribution in [0.1, 0.15) is 41.8 Å². The van der Waals surface area contributed by atoms with Crippen LogP contribution in [0.15, 0.2) is 84.9 Å². The van der Waals surface area contributed by atoms with E-state index in [9.17, 15) is 19.7 Å². The zero-order valence-electron chi connectivity index (χ0n) is 22.9. The summed E-state index contributed by atoms with van der Waals surface area (Å²) in [5.41, 5.74) is 2.41. The minimum absolute atomic E-state index is 0.0598. The number of nitro benzene ring substituents is 1. The van der Waals surface area contributed by atoms with Gasteiger partial charge in [0, 0.05) is 37.3 Å². The topological polar surface area (TPSA) is 87.0 Å². The van der Waals surface area contributed by atoms with Crippen molar-refractivity contribution in [3.05, 3.63) is 112 Å². The molecule has 0 saturated heterocycles. The van der Waals surface area contributed by atoms with Crippen molar-refractivity contribution in [1.82, 2.24) is 14.7 Å². The van der Waals surface area contributed by atoms with Crippen LogP contribution in [-0.4, -0.2) is 70.7 Å². The summed E-state index contributed by atoms with van der Waals surface area (Å²) in [6.07, 6.45) is 1.42. The summed E-state index contributed by atoms with van der Waals surface area (Å²) in [6, 6.07) is 25.4. The van der Waals surface area contributed by atoms with Crippen molar-refractivity contribution in [2.75, 3.05) is 39.3 Å². The second-order valence-corrected chi connectivity index (χ2v) is 9.45. The predicted molar refractivity (Wildman–Crippen MR) is 153 cm³/mol. The smallest absolute Gasteiger partial charge is 0.269 e. The first-order valence-electron chi connectivity index (χ1n) is 13.5. The van der Waals surface area contributed by atoms with Crippen LogP contribution in [0.3, 0.4) is 0 Å². The van der Waals surface area contributed by atoms with Crippen molar-refractivity contribution in [2.45, 2.75) is 33.2 Å². The highest BCUT2D eigenvalue weighted by molar-refractivity contribution is 5.96. The third-order valence-electron chi connectivity index (χ3n) is 6.82. The molecule has 0 saturated carbocycles. The van der Waals surface area contributed by atoms with Crippen LogP contribution < -0.4 is 0 Å².